The van der Waals surface area contributed by atoms with Gasteiger partial charge in [0.25, 0.3) is 0 Å². The Balaban J connectivity index is 2.09. The number of rotatable bonds is 0. The molecule has 5 rings (SSSR count). The summed E-state index contributed by atoms with van der Waals surface area (Å²) in [6, 6.07) is 16.9. The Morgan fingerprint density at radius 1 is 0.952 bits per heavy atom. The van der Waals surface area contributed by atoms with E-state index in [1.807, 2.05) is 30.1 Å². The molecule has 2 nitrogen and oxygen atoms in total. The van der Waals surface area contributed by atoms with E-state index in [4.69, 9.17) is 0 Å². The highest BCUT2D eigenvalue weighted by Crippen LogP contribution is 2.46. The summed E-state index contributed by atoms with van der Waals surface area (Å²) < 4.78 is 2.27. The highest BCUT2D eigenvalue weighted by atomic mass is 32.2. The molecule has 0 fully saturated rings. The number of para-hydroxylation sites is 1. The van der Waals surface area contributed by atoms with Gasteiger partial charge in [-0.25, -0.2) is 4.98 Å². The maximum Gasteiger partial charge on any atom is 0.145 e. The summed E-state index contributed by atoms with van der Waals surface area (Å²) in [5, 5.41) is 2.46. The Hall–Kier alpha value is -1.91. The van der Waals surface area contributed by atoms with Gasteiger partial charge in [0.1, 0.15) is 5.65 Å². The molecule has 0 saturated heterocycles. The number of pyridine rings is 1. The molecule has 2 aromatic carbocycles. The Morgan fingerprint density at radius 3 is 2.81 bits per heavy atom. The zero-order valence-electron chi connectivity index (χ0n) is 10.9. The average molecular weight is 306 g/mol. The van der Waals surface area contributed by atoms with E-state index in [1.54, 1.807) is 0 Å². The zero-order chi connectivity index (χ0) is 14.0. The third-order valence-electron chi connectivity index (χ3n) is 3.91. The normalized spacial score (nSPS) is 12.8. The summed E-state index contributed by atoms with van der Waals surface area (Å²) in [6.45, 7) is 0. The molecule has 2 aromatic heterocycles. The van der Waals surface area contributed by atoms with E-state index in [0.29, 0.717) is 0 Å². The van der Waals surface area contributed by atoms with Crippen LogP contribution in [-0.2, 0) is 0 Å². The summed E-state index contributed by atoms with van der Waals surface area (Å²) in [4.78, 5) is 8.12. The van der Waals surface area contributed by atoms with E-state index < -0.39 is 0 Å². The van der Waals surface area contributed by atoms with Crippen LogP contribution in [0.25, 0.3) is 27.6 Å². The molecular weight excluding hydrogens is 296 g/mol. The van der Waals surface area contributed by atoms with Gasteiger partial charge in [0, 0.05) is 31.7 Å². The molecule has 3 heterocycles. The van der Waals surface area contributed by atoms with Crippen molar-refractivity contribution < 1.29 is 0 Å². The van der Waals surface area contributed by atoms with Crippen LogP contribution in [0.15, 0.2) is 69.4 Å². The first-order valence-corrected chi connectivity index (χ1v) is 7.99. The molecule has 0 radical (unpaired) electrons. The van der Waals surface area contributed by atoms with Crippen molar-refractivity contribution in [3.8, 4) is 5.69 Å². The maximum absolute atomic E-state index is 4.62. The van der Waals surface area contributed by atoms with Crippen LogP contribution in [0.4, 0.5) is 0 Å². The molecule has 21 heavy (non-hydrogen) atoms. The van der Waals surface area contributed by atoms with Gasteiger partial charge in [0.15, 0.2) is 0 Å². The van der Waals surface area contributed by atoms with Crippen LogP contribution in [0.1, 0.15) is 0 Å². The number of thiol groups is 1. The second-order valence-electron chi connectivity index (χ2n) is 5.12. The molecule has 100 valence electrons. The molecule has 4 heteroatoms. The second-order valence-corrected chi connectivity index (χ2v) is 6.72. The van der Waals surface area contributed by atoms with Crippen LogP contribution in [0, 0.1) is 0 Å². The Morgan fingerprint density at radius 2 is 1.86 bits per heavy atom. The first kappa shape index (κ1) is 11.7. The van der Waals surface area contributed by atoms with Crippen molar-refractivity contribution in [2.24, 2.45) is 0 Å². The molecule has 0 aliphatic carbocycles. The molecule has 0 amide bonds. The van der Waals surface area contributed by atoms with E-state index in [2.05, 4.69) is 58.6 Å². The fourth-order valence-corrected chi connectivity index (χ4v) is 4.33. The predicted octanol–water partition coefficient (Wildman–Crippen LogP) is 4.93. The maximum atomic E-state index is 4.62. The van der Waals surface area contributed by atoms with Crippen molar-refractivity contribution >= 4 is 46.3 Å². The summed E-state index contributed by atoms with van der Waals surface area (Å²) >= 11 is 6.32. The molecule has 0 bridgehead atoms. The summed E-state index contributed by atoms with van der Waals surface area (Å²) in [7, 11) is 0. The Labute approximate surface area is 131 Å². The lowest BCUT2D eigenvalue weighted by atomic mass is 10.2. The monoisotopic (exact) mass is 306 g/mol. The highest BCUT2D eigenvalue weighted by molar-refractivity contribution is 7.99. The lowest BCUT2D eigenvalue weighted by molar-refractivity contribution is 1.05. The molecule has 0 spiro atoms. The van der Waals surface area contributed by atoms with Crippen molar-refractivity contribution in [2.75, 3.05) is 0 Å². The molecule has 0 unspecified atom stereocenters. The van der Waals surface area contributed by atoms with E-state index >= 15 is 0 Å². The van der Waals surface area contributed by atoms with Crippen molar-refractivity contribution in [3.63, 3.8) is 0 Å². The molecule has 0 saturated carbocycles. The molecule has 0 N–H and O–H groups in total. The minimum absolute atomic E-state index is 0.972. The summed E-state index contributed by atoms with van der Waals surface area (Å²) in [5.74, 6) is 0. The quantitative estimate of drug-likeness (QED) is 0.409. The van der Waals surface area contributed by atoms with Crippen LogP contribution in [0.2, 0.25) is 0 Å². The average Bonchev–Trinajstić information content (AvgIpc) is 2.85. The van der Waals surface area contributed by atoms with Crippen molar-refractivity contribution in [1.82, 2.24) is 9.55 Å². The van der Waals surface area contributed by atoms with Gasteiger partial charge in [-0.3, -0.25) is 4.57 Å². The van der Waals surface area contributed by atoms with E-state index in [9.17, 15) is 0 Å². The van der Waals surface area contributed by atoms with Crippen LogP contribution < -0.4 is 0 Å². The fraction of sp³-hybridized carbons (Fsp3) is 0. The van der Waals surface area contributed by atoms with Crippen LogP contribution in [0.3, 0.4) is 0 Å². The van der Waals surface area contributed by atoms with Gasteiger partial charge in [-0.15, -0.1) is 12.6 Å². The largest absolute Gasteiger partial charge is 0.292 e. The minimum atomic E-state index is 0.972. The van der Waals surface area contributed by atoms with Crippen LogP contribution in [0.5, 0.6) is 0 Å². The highest BCUT2D eigenvalue weighted by Gasteiger charge is 2.23. The van der Waals surface area contributed by atoms with Crippen LogP contribution >= 0.6 is 24.4 Å². The summed E-state index contributed by atoms with van der Waals surface area (Å²) in [5.41, 5.74) is 3.44. The van der Waals surface area contributed by atoms with Crippen LogP contribution in [-0.4, -0.2) is 9.55 Å². The lowest BCUT2D eigenvalue weighted by Gasteiger charge is -2.19. The summed E-state index contributed by atoms with van der Waals surface area (Å²) in [6.07, 6.45) is 1.86. The third-order valence-corrected chi connectivity index (χ3v) is 5.31. The van der Waals surface area contributed by atoms with Gasteiger partial charge in [0.2, 0.25) is 0 Å². The first-order valence-electron chi connectivity index (χ1n) is 6.72. The lowest BCUT2D eigenvalue weighted by Crippen LogP contribution is -2.02. The number of nitrogens with zero attached hydrogens (tertiary/aromatic N) is 2. The van der Waals surface area contributed by atoms with Gasteiger partial charge in [-0.2, -0.15) is 0 Å². The van der Waals surface area contributed by atoms with Crippen molar-refractivity contribution in [1.29, 1.82) is 0 Å². The molecule has 1 aliphatic heterocycles. The van der Waals surface area contributed by atoms with Crippen molar-refractivity contribution in [3.05, 3.63) is 54.7 Å². The number of hydrogen-bond acceptors (Lipinski definition) is 3. The molecule has 0 atom stereocenters. The molecule has 1 aliphatic rings. The van der Waals surface area contributed by atoms with Gasteiger partial charge >= 0.3 is 0 Å². The minimum Gasteiger partial charge on any atom is -0.292 e. The SMILES string of the molecule is Sc1ccc2c(c1)-n1c3ncccc3c3cccc(c31)S2. The van der Waals surface area contributed by atoms with Gasteiger partial charge in [0.05, 0.1) is 11.2 Å². The van der Waals surface area contributed by atoms with Gasteiger partial charge in [-0.05, 0) is 36.4 Å². The number of aromatic nitrogens is 2. The number of hydrogen-bond donors (Lipinski definition) is 1. The standard InChI is InChI=1S/C17H10N2S2/c20-10-6-7-14-13(9-10)19-16-11(3-1-5-15(16)21-14)12-4-2-8-18-17(12)19/h1-9,20H. The third kappa shape index (κ3) is 1.49. The van der Waals surface area contributed by atoms with Gasteiger partial charge < -0.3 is 0 Å². The topological polar surface area (TPSA) is 17.8 Å². The van der Waals surface area contributed by atoms with E-state index in [0.717, 1.165) is 10.5 Å². The first-order chi connectivity index (χ1) is 10.3. The van der Waals surface area contributed by atoms with Crippen molar-refractivity contribution in [2.45, 2.75) is 14.7 Å². The molecular formula is C17H10N2S2. The van der Waals surface area contributed by atoms with E-state index in [-0.39, 0.29) is 0 Å². The molecule has 4 aromatic rings. The second kappa shape index (κ2) is 4.06. The Bertz CT molecular complexity index is 1030. The van der Waals surface area contributed by atoms with E-state index in [1.165, 1.54) is 31.8 Å². The Kier molecular flexibility index (Phi) is 2.26. The fourth-order valence-electron chi connectivity index (χ4n) is 3.06. The van der Waals surface area contributed by atoms with Gasteiger partial charge in [-0.1, -0.05) is 23.9 Å². The smallest absolute Gasteiger partial charge is 0.145 e. The number of benzene rings is 2. The zero-order valence-corrected chi connectivity index (χ0v) is 12.7. The predicted molar refractivity (Wildman–Crippen MR) is 90.0 cm³/mol. The number of fused-ring (bicyclic) bond motifs is 5.